The molecule has 0 spiro atoms. The van der Waals surface area contributed by atoms with E-state index in [1.807, 2.05) is 49.4 Å². The van der Waals surface area contributed by atoms with Crippen molar-refractivity contribution in [2.75, 3.05) is 19.8 Å². The molecule has 1 N–H and O–H groups in total. The van der Waals surface area contributed by atoms with Crippen LogP contribution in [-0.4, -0.2) is 24.9 Å². The molecule has 4 heteroatoms. The number of fused-ring (bicyclic) bond motifs is 1. The van der Waals surface area contributed by atoms with E-state index in [1.165, 1.54) is 0 Å². The van der Waals surface area contributed by atoms with Crippen molar-refractivity contribution in [1.82, 2.24) is 0 Å². The zero-order valence-corrected chi connectivity index (χ0v) is 11.9. The molecule has 1 unspecified atom stereocenters. The maximum Gasteiger partial charge on any atom is 0.161 e. The van der Waals surface area contributed by atoms with Crippen molar-refractivity contribution in [3.63, 3.8) is 0 Å². The molecule has 2 aromatic rings. The highest BCUT2D eigenvalue weighted by Crippen LogP contribution is 2.34. The molecule has 1 aliphatic rings. The van der Waals surface area contributed by atoms with Crippen LogP contribution in [-0.2, 0) is 0 Å². The molecule has 0 aromatic heterocycles. The Labute approximate surface area is 123 Å². The van der Waals surface area contributed by atoms with Gasteiger partial charge in [-0.25, -0.2) is 0 Å². The van der Waals surface area contributed by atoms with Crippen LogP contribution >= 0.6 is 0 Å². The van der Waals surface area contributed by atoms with E-state index in [0.29, 0.717) is 25.6 Å². The molecule has 0 bridgehead atoms. The number of benzene rings is 2. The Bertz CT molecular complexity index is 624. The summed E-state index contributed by atoms with van der Waals surface area (Å²) in [5, 5.41) is 10.5. The Morgan fingerprint density at radius 3 is 2.62 bits per heavy atom. The maximum atomic E-state index is 10.5. The minimum absolute atomic E-state index is 0.534. The number of aliphatic hydroxyl groups excluding tert-OH is 1. The average Bonchev–Trinajstić information content (AvgIpc) is 2.54. The third-order valence-corrected chi connectivity index (χ3v) is 3.37. The molecule has 0 fully saturated rings. The normalized spacial score (nSPS) is 14.6. The van der Waals surface area contributed by atoms with Gasteiger partial charge in [0.2, 0.25) is 0 Å². The maximum absolute atomic E-state index is 10.5. The van der Waals surface area contributed by atoms with Gasteiger partial charge in [-0.2, -0.15) is 0 Å². The van der Waals surface area contributed by atoms with Gasteiger partial charge < -0.3 is 19.3 Å². The lowest BCUT2D eigenvalue weighted by Gasteiger charge is -2.20. The van der Waals surface area contributed by atoms with Gasteiger partial charge in [0.15, 0.2) is 11.5 Å². The van der Waals surface area contributed by atoms with Gasteiger partial charge in [-0.15, -0.1) is 0 Å². The van der Waals surface area contributed by atoms with Crippen LogP contribution < -0.4 is 14.2 Å². The Hall–Kier alpha value is -2.20. The van der Waals surface area contributed by atoms with Crippen molar-refractivity contribution in [1.29, 1.82) is 0 Å². The number of rotatable bonds is 4. The highest BCUT2D eigenvalue weighted by Gasteiger charge is 2.17. The quantitative estimate of drug-likeness (QED) is 0.938. The lowest BCUT2D eigenvalue weighted by atomic mass is 10.0. The molecule has 0 amide bonds. The molecule has 0 saturated carbocycles. The molecule has 110 valence electrons. The molecule has 0 aliphatic carbocycles. The first kappa shape index (κ1) is 13.8. The van der Waals surface area contributed by atoms with Gasteiger partial charge in [-0.05, 0) is 42.3 Å². The second-order valence-corrected chi connectivity index (χ2v) is 4.81. The van der Waals surface area contributed by atoms with Gasteiger partial charge in [0, 0.05) is 0 Å². The van der Waals surface area contributed by atoms with E-state index < -0.39 is 6.10 Å². The standard InChI is InChI=1S/C17H18O4/c1-2-19-14-5-3-4-12(10-14)17(18)13-6-7-15-16(11-13)21-9-8-20-15/h3-7,10-11,17-18H,2,8-9H2,1H3. The third kappa shape index (κ3) is 2.95. The minimum Gasteiger partial charge on any atom is -0.494 e. The summed E-state index contributed by atoms with van der Waals surface area (Å²) in [6, 6.07) is 13.0. The Morgan fingerprint density at radius 1 is 1.05 bits per heavy atom. The van der Waals surface area contributed by atoms with E-state index in [9.17, 15) is 5.11 Å². The summed E-state index contributed by atoms with van der Waals surface area (Å²) < 4.78 is 16.5. The molecule has 3 rings (SSSR count). The highest BCUT2D eigenvalue weighted by atomic mass is 16.6. The summed E-state index contributed by atoms with van der Waals surface area (Å²) in [4.78, 5) is 0. The van der Waals surface area contributed by atoms with Gasteiger partial charge in [0.25, 0.3) is 0 Å². The number of hydrogen-bond donors (Lipinski definition) is 1. The van der Waals surface area contributed by atoms with Gasteiger partial charge in [0.05, 0.1) is 6.61 Å². The molecule has 0 radical (unpaired) electrons. The molecular weight excluding hydrogens is 268 g/mol. The van der Waals surface area contributed by atoms with Crippen molar-refractivity contribution < 1.29 is 19.3 Å². The smallest absolute Gasteiger partial charge is 0.161 e. The van der Waals surface area contributed by atoms with Crippen molar-refractivity contribution >= 4 is 0 Å². The molecular formula is C17H18O4. The summed E-state index contributed by atoms with van der Waals surface area (Å²) in [5.74, 6) is 2.16. The van der Waals surface area contributed by atoms with E-state index in [4.69, 9.17) is 14.2 Å². The van der Waals surface area contributed by atoms with E-state index in [-0.39, 0.29) is 0 Å². The summed E-state index contributed by atoms with van der Waals surface area (Å²) in [6.07, 6.45) is -0.721. The predicted molar refractivity (Wildman–Crippen MR) is 79.1 cm³/mol. The summed E-state index contributed by atoms with van der Waals surface area (Å²) in [7, 11) is 0. The monoisotopic (exact) mass is 286 g/mol. The fourth-order valence-electron chi connectivity index (χ4n) is 2.36. The van der Waals surface area contributed by atoms with E-state index in [0.717, 1.165) is 22.6 Å². The Morgan fingerprint density at radius 2 is 1.81 bits per heavy atom. The van der Waals surface area contributed by atoms with Crippen LogP contribution in [0, 0.1) is 0 Å². The second kappa shape index (κ2) is 6.06. The SMILES string of the molecule is CCOc1cccc(C(O)c2ccc3c(c2)OCCO3)c1. The molecule has 1 heterocycles. The average molecular weight is 286 g/mol. The van der Waals surface area contributed by atoms with E-state index >= 15 is 0 Å². The summed E-state index contributed by atoms with van der Waals surface area (Å²) in [5.41, 5.74) is 1.56. The lowest BCUT2D eigenvalue weighted by molar-refractivity contribution is 0.169. The van der Waals surface area contributed by atoms with Crippen LogP contribution in [0.4, 0.5) is 0 Å². The van der Waals surface area contributed by atoms with Crippen LogP contribution in [0.3, 0.4) is 0 Å². The van der Waals surface area contributed by atoms with Crippen LogP contribution in [0.25, 0.3) is 0 Å². The van der Waals surface area contributed by atoms with E-state index in [1.54, 1.807) is 0 Å². The fourth-order valence-corrected chi connectivity index (χ4v) is 2.36. The topological polar surface area (TPSA) is 47.9 Å². The summed E-state index contributed by atoms with van der Waals surface area (Å²) in [6.45, 7) is 3.63. The number of hydrogen-bond acceptors (Lipinski definition) is 4. The van der Waals surface area contributed by atoms with Gasteiger partial charge in [-0.3, -0.25) is 0 Å². The van der Waals surface area contributed by atoms with Crippen molar-refractivity contribution in [2.24, 2.45) is 0 Å². The van der Waals surface area contributed by atoms with Gasteiger partial charge in [-0.1, -0.05) is 18.2 Å². The second-order valence-electron chi connectivity index (χ2n) is 4.81. The first-order valence-corrected chi connectivity index (χ1v) is 7.08. The zero-order chi connectivity index (χ0) is 14.7. The summed E-state index contributed by atoms with van der Waals surface area (Å²) >= 11 is 0. The Balaban J connectivity index is 1.87. The van der Waals surface area contributed by atoms with Gasteiger partial charge >= 0.3 is 0 Å². The minimum atomic E-state index is -0.721. The van der Waals surface area contributed by atoms with Crippen LogP contribution in [0.1, 0.15) is 24.2 Å². The van der Waals surface area contributed by atoms with Crippen LogP contribution in [0.2, 0.25) is 0 Å². The predicted octanol–water partition coefficient (Wildman–Crippen LogP) is 2.94. The molecule has 0 saturated heterocycles. The molecule has 1 atom stereocenters. The fraction of sp³-hybridized carbons (Fsp3) is 0.294. The van der Waals surface area contributed by atoms with Crippen LogP contribution in [0.5, 0.6) is 17.2 Å². The number of ether oxygens (including phenoxy) is 3. The Kier molecular flexibility index (Phi) is 3.97. The number of aliphatic hydroxyl groups is 1. The van der Waals surface area contributed by atoms with Gasteiger partial charge in [0.1, 0.15) is 25.1 Å². The molecule has 1 aliphatic heterocycles. The van der Waals surface area contributed by atoms with E-state index in [2.05, 4.69) is 0 Å². The first-order chi connectivity index (χ1) is 10.3. The molecule has 2 aromatic carbocycles. The third-order valence-electron chi connectivity index (χ3n) is 3.37. The first-order valence-electron chi connectivity index (χ1n) is 7.08. The zero-order valence-electron chi connectivity index (χ0n) is 11.9. The highest BCUT2D eigenvalue weighted by molar-refractivity contribution is 5.46. The largest absolute Gasteiger partial charge is 0.494 e. The van der Waals surface area contributed by atoms with Crippen molar-refractivity contribution in [3.8, 4) is 17.2 Å². The van der Waals surface area contributed by atoms with Crippen LogP contribution in [0.15, 0.2) is 42.5 Å². The lowest BCUT2D eigenvalue weighted by Crippen LogP contribution is -2.15. The van der Waals surface area contributed by atoms with Crippen molar-refractivity contribution in [2.45, 2.75) is 13.0 Å². The molecule has 21 heavy (non-hydrogen) atoms. The molecule has 4 nitrogen and oxygen atoms in total. The van der Waals surface area contributed by atoms with Crippen molar-refractivity contribution in [3.05, 3.63) is 53.6 Å².